The minimum absolute atomic E-state index is 0.0225. The molecule has 10 heteroatoms. The number of fused-ring (bicyclic) bond motifs is 2. The Hall–Kier alpha value is -2.85. The zero-order chi connectivity index (χ0) is 20.2. The highest BCUT2D eigenvalue weighted by Gasteiger charge is 2.46. The number of furan rings is 1. The molecule has 3 aromatic rings. The highest BCUT2D eigenvalue weighted by molar-refractivity contribution is 7.89. The number of nitrogens with zero attached hydrogens (tertiary/aromatic N) is 3. The molecular formula is C19H20N4O5S. The van der Waals surface area contributed by atoms with Gasteiger partial charge in [-0.05, 0) is 31.5 Å². The van der Waals surface area contributed by atoms with Gasteiger partial charge in [0.2, 0.25) is 10.0 Å². The van der Waals surface area contributed by atoms with Crippen molar-refractivity contribution in [3.05, 3.63) is 36.6 Å². The predicted molar refractivity (Wildman–Crippen MR) is 106 cm³/mol. The summed E-state index contributed by atoms with van der Waals surface area (Å²) in [5.74, 6) is 1.15. The topological polar surface area (TPSA) is 109 Å². The largest absolute Gasteiger partial charge is 0.464 e. The van der Waals surface area contributed by atoms with Crippen LogP contribution in [0, 0.1) is 0 Å². The summed E-state index contributed by atoms with van der Waals surface area (Å²) in [6.45, 7) is 2.37. The number of nitrogens with one attached hydrogen (secondary N) is 1. The molecule has 2 aliphatic heterocycles. The van der Waals surface area contributed by atoms with E-state index in [0.29, 0.717) is 36.7 Å². The molecule has 2 aromatic heterocycles. The van der Waals surface area contributed by atoms with E-state index in [-0.39, 0.29) is 23.9 Å². The third kappa shape index (κ3) is 2.99. The highest BCUT2D eigenvalue weighted by atomic mass is 32.2. The van der Waals surface area contributed by atoms with Crippen LogP contribution in [0.5, 0.6) is 0 Å². The van der Waals surface area contributed by atoms with E-state index in [4.69, 9.17) is 8.94 Å². The normalized spacial score (nSPS) is 22.0. The Morgan fingerprint density at radius 2 is 2.10 bits per heavy atom. The van der Waals surface area contributed by atoms with Crippen molar-refractivity contribution in [2.75, 3.05) is 23.7 Å². The molecule has 9 nitrogen and oxygen atoms in total. The number of carbonyl (C=O) groups excluding carboxylic acids is 1. The molecule has 2 amide bonds. The van der Waals surface area contributed by atoms with E-state index >= 15 is 0 Å². The van der Waals surface area contributed by atoms with Gasteiger partial charge in [-0.1, -0.05) is 17.3 Å². The van der Waals surface area contributed by atoms with Crippen LogP contribution in [0.1, 0.15) is 13.3 Å². The average Bonchev–Trinajstić information content (AvgIpc) is 3.47. The smallest absolute Gasteiger partial charge is 0.326 e. The number of anilines is 1. The van der Waals surface area contributed by atoms with Crippen molar-refractivity contribution in [3.63, 3.8) is 0 Å². The summed E-state index contributed by atoms with van der Waals surface area (Å²) in [6, 6.07) is 8.67. The Balaban J connectivity index is 1.45. The van der Waals surface area contributed by atoms with E-state index in [1.165, 1.54) is 0 Å². The predicted octanol–water partition coefficient (Wildman–Crippen LogP) is 2.41. The van der Waals surface area contributed by atoms with Gasteiger partial charge in [-0.2, -0.15) is 0 Å². The number of hydrogen-bond acceptors (Lipinski definition) is 6. The number of sulfonamides is 1. The first-order valence-electron chi connectivity index (χ1n) is 9.47. The molecule has 1 aromatic carbocycles. The average molecular weight is 416 g/mol. The number of benzene rings is 1. The van der Waals surface area contributed by atoms with E-state index < -0.39 is 10.0 Å². The first kappa shape index (κ1) is 18.2. The molecule has 0 spiro atoms. The van der Waals surface area contributed by atoms with E-state index in [0.717, 1.165) is 10.9 Å². The maximum absolute atomic E-state index is 13.1. The monoisotopic (exact) mass is 416 g/mol. The van der Waals surface area contributed by atoms with Crippen molar-refractivity contribution in [1.82, 2.24) is 14.8 Å². The van der Waals surface area contributed by atoms with Crippen LogP contribution in [0.2, 0.25) is 0 Å². The Kier molecular flexibility index (Phi) is 4.14. The van der Waals surface area contributed by atoms with E-state index in [1.807, 2.05) is 18.2 Å². The molecular weight excluding hydrogens is 396 g/mol. The van der Waals surface area contributed by atoms with Gasteiger partial charge >= 0.3 is 6.03 Å². The van der Waals surface area contributed by atoms with Gasteiger partial charge in [0.25, 0.3) is 0 Å². The summed E-state index contributed by atoms with van der Waals surface area (Å²) >= 11 is 0. The Morgan fingerprint density at radius 1 is 1.24 bits per heavy atom. The van der Waals surface area contributed by atoms with Gasteiger partial charge < -0.3 is 13.8 Å². The van der Waals surface area contributed by atoms with Crippen molar-refractivity contribution >= 4 is 32.8 Å². The lowest BCUT2D eigenvalue weighted by atomic mass is 10.1. The quantitative estimate of drug-likeness (QED) is 0.684. The standard InChI is InChI=1S/C19H20N4O5S/c1-2-29(25,26)21-12-9-13-11-23(19(24)22(13)10-12)18-17-14(15-7-4-8-27-15)5-3-6-16(17)28-20-18/h3-8,12-13,21H,2,9-11H2,1H3/t12-,13-/m0/s1. The van der Waals surface area contributed by atoms with Crippen molar-refractivity contribution in [2.24, 2.45) is 0 Å². The SMILES string of the molecule is CCS(=O)(=O)N[C@H]1C[C@H]2CN(c3noc4cccc(-c5ccco5)c34)C(=O)N2C1. The molecule has 152 valence electrons. The molecule has 0 bridgehead atoms. The van der Waals surface area contributed by atoms with Gasteiger partial charge in [0.1, 0.15) is 5.76 Å². The van der Waals surface area contributed by atoms with Crippen molar-refractivity contribution in [2.45, 2.75) is 25.4 Å². The summed E-state index contributed by atoms with van der Waals surface area (Å²) < 4.78 is 37.4. The molecule has 0 saturated carbocycles. The molecule has 29 heavy (non-hydrogen) atoms. The molecule has 2 atom stereocenters. The minimum atomic E-state index is -3.31. The van der Waals surface area contributed by atoms with Gasteiger partial charge in [-0.15, -0.1) is 0 Å². The Morgan fingerprint density at radius 3 is 2.83 bits per heavy atom. The lowest BCUT2D eigenvalue weighted by Crippen LogP contribution is -2.41. The van der Waals surface area contributed by atoms with Gasteiger partial charge in [-0.25, -0.2) is 17.9 Å². The van der Waals surface area contributed by atoms with E-state index in [1.54, 1.807) is 35.1 Å². The van der Waals surface area contributed by atoms with Crippen LogP contribution in [-0.4, -0.2) is 55.4 Å². The second-order valence-electron chi connectivity index (χ2n) is 7.32. The van der Waals surface area contributed by atoms with E-state index in [9.17, 15) is 13.2 Å². The summed E-state index contributed by atoms with van der Waals surface area (Å²) in [7, 11) is -3.31. The summed E-state index contributed by atoms with van der Waals surface area (Å²) in [6.07, 6.45) is 2.16. The molecule has 2 fully saturated rings. The third-order valence-corrected chi connectivity index (χ3v) is 6.99. The lowest BCUT2D eigenvalue weighted by Gasteiger charge is -2.18. The number of aromatic nitrogens is 1. The van der Waals surface area contributed by atoms with Gasteiger partial charge in [0, 0.05) is 24.7 Å². The van der Waals surface area contributed by atoms with Gasteiger partial charge in [0.15, 0.2) is 11.4 Å². The van der Waals surface area contributed by atoms with Crippen molar-refractivity contribution in [3.8, 4) is 11.3 Å². The van der Waals surface area contributed by atoms with Crippen LogP contribution in [0.4, 0.5) is 10.6 Å². The summed E-state index contributed by atoms with van der Waals surface area (Å²) in [5.41, 5.74) is 1.37. The fraction of sp³-hybridized carbons (Fsp3) is 0.368. The molecule has 0 aliphatic carbocycles. The lowest BCUT2D eigenvalue weighted by molar-refractivity contribution is 0.218. The van der Waals surface area contributed by atoms with Crippen LogP contribution >= 0.6 is 0 Å². The zero-order valence-corrected chi connectivity index (χ0v) is 16.6. The molecule has 5 rings (SSSR count). The number of hydrogen-bond donors (Lipinski definition) is 1. The molecule has 2 aliphatic rings. The first-order valence-corrected chi connectivity index (χ1v) is 11.1. The third-order valence-electron chi connectivity index (χ3n) is 5.53. The molecule has 4 heterocycles. The van der Waals surface area contributed by atoms with Crippen molar-refractivity contribution < 1.29 is 22.2 Å². The molecule has 0 unspecified atom stereocenters. The zero-order valence-electron chi connectivity index (χ0n) is 15.7. The number of amides is 2. The first-order chi connectivity index (χ1) is 14.0. The van der Waals surface area contributed by atoms with E-state index in [2.05, 4.69) is 9.88 Å². The summed E-state index contributed by atoms with van der Waals surface area (Å²) in [4.78, 5) is 16.4. The fourth-order valence-corrected chi connectivity index (χ4v) is 5.01. The Labute approximate surface area is 167 Å². The van der Waals surface area contributed by atoms with Crippen LogP contribution in [-0.2, 0) is 10.0 Å². The number of urea groups is 1. The van der Waals surface area contributed by atoms with Gasteiger partial charge in [-0.3, -0.25) is 4.90 Å². The highest BCUT2D eigenvalue weighted by Crippen LogP contribution is 2.39. The second-order valence-corrected chi connectivity index (χ2v) is 9.36. The minimum Gasteiger partial charge on any atom is -0.464 e. The van der Waals surface area contributed by atoms with Crippen LogP contribution in [0.25, 0.3) is 22.3 Å². The summed E-state index contributed by atoms with van der Waals surface area (Å²) in [5, 5.41) is 4.89. The number of carbonyl (C=O) groups is 1. The Bertz CT molecular complexity index is 1170. The maximum Gasteiger partial charge on any atom is 0.326 e. The van der Waals surface area contributed by atoms with Crippen molar-refractivity contribution in [1.29, 1.82) is 0 Å². The van der Waals surface area contributed by atoms with Crippen LogP contribution < -0.4 is 9.62 Å². The fourth-order valence-electron chi connectivity index (χ4n) is 4.16. The molecule has 1 N–H and O–H groups in total. The van der Waals surface area contributed by atoms with Gasteiger partial charge in [0.05, 0.1) is 23.4 Å². The van der Waals surface area contributed by atoms with Crippen LogP contribution in [0.3, 0.4) is 0 Å². The molecule has 0 radical (unpaired) electrons. The maximum atomic E-state index is 13.1. The molecule has 2 saturated heterocycles. The number of rotatable bonds is 5. The van der Waals surface area contributed by atoms with Crippen LogP contribution in [0.15, 0.2) is 45.5 Å². The second kappa shape index (κ2) is 6.60.